The van der Waals surface area contributed by atoms with E-state index >= 15 is 0 Å². The van der Waals surface area contributed by atoms with E-state index in [1.807, 2.05) is 0 Å². The van der Waals surface area contributed by atoms with Crippen LogP contribution >= 0.6 is 23.2 Å². The van der Waals surface area contributed by atoms with E-state index in [1.54, 1.807) is 18.2 Å². The molecule has 8 heteroatoms. The summed E-state index contributed by atoms with van der Waals surface area (Å²) >= 11 is 12.0. The SMILES string of the molecule is C=CCN(c1ccc2c(c1)OCO2)S(=O)(=O)c1cc(Cl)ccc1Cl. The van der Waals surface area contributed by atoms with Gasteiger partial charge in [0.2, 0.25) is 6.79 Å². The molecule has 0 amide bonds. The lowest BCUT2D eigenvalue weighted by Crippen LogP contribution is -2.31. The van der Waals surface area contributed by atoms with E-state index in [4.69, 9.17) is 32.7 Å². The Kier molecular flexibility index (Phi) is 4.62. The van der Waals surface area contributed by atoms with Crippen LogP contribution in [0.4, 0.5) is 5.69 Å². The van der Waals surface area contributed by atoms with Crippen molar-refractivity contribution < 1.29 is 17.9 Å². The van der Waals surface area contributed by atoms with E-state index in [2.05, 4.69) is 6.58 Å². The predicted molar refractivity (Wildman–Crippen MR) is 93.8 cm³/mol. The van der Waals surface area contributed by atoms with Gasteiger partial charge in [0.25, 0.3) is 10.0 Å². The van der Waals surface area contributed by atoms with Gasteiger partial charge in [0.1, 0.15) is 4.90 Å². The lowest BCUT2D eigenvalue weighted by molar-refractivity contribution is 0.174. The second-order valence-electron chi connectivity index (χ2n) is 4.94. The highest BCUT2D eigenvalue weighted by Crippen LogP contribution is 2.38. The largest absolute Gasteiger partial charge is 0.454 e. The van der Waals surface area contributed by atoms with Crippen molar-refractivity contribution in [2.75, 3.05) is 17.6 Å². The van der Waals surface area contributed by atoms with Crippen LogP contribution in [-0.4, -0.2) is 21.8 Å². The Balaban J connectivity index is 2.10. The smallest absolute Gasteiger partial charge is 0.266 e. The van der Waals surface area contributed by atoms with Crippen molar-refractivity contribution in [2.45, 2.75) is 4.90 Å². The zero-order chi connectivity index (χ0) is 17.3. The van der Waals surface area contributed by atoms with Gasteiger partial charge in [-0.05, 0) is 30.3 Å². The van der Waals surface area contributed by atoms with E-state index in [1.165, 1.54) is 28.6 Å². The first-order valence-electron chi connectivity index (χ1n) is 6.92. The molecule has 0 radical (unpaired) electrons. The third kappa shape index (κ3) is 3.05. The van der Waals surface area contributed by atoms with Gasteiger partial charge in [0.05, 0.1) is 17.3 Å². The van der Waals surface area contributed by atoms with Crippen molar-refractivity contribution in [3.63, 3.8) is 0 Å². The van der Waals surface area contributed by atoms with Gasteiger partial charge in [0, 0.05) is 11.1 Å². The number of ether oxygens (including phenoxy) is 2. The van der Waals surface area contributed by atoms with Crippen molar-refractivity contribution in [3.05, 3.63) is 59.1 Å². The summed E-state index contributed by atoms with van der Waals surface area (Å²) < 4.78 is 37.9. The van der Waals surface area contributed by atoms with Crippen molar-refractivity contribution in [2.24, 2.45) is 0 Å². The van der Waals surface area contributed by atoms with Gasteiger partial charge < -0.3 is 9.47 Å². The van der Waals surface area contributed by atoms with Crippen LogP contribution < -0.4 is 13.8 Å². The highest BCUT2D eigenvalue weighted by molar-refractivity contribution is 7.93. The highest BCUT2D eigenvalue weighted by Gasteiger charge is 2.28. The summed E-state index contributed by atoms with van der Waals surface area (Å²) in [5.74, 6) is 1.05. The van der Waals surface area contributed by atoms with Crippen LogP contribution in [-0.2, 0) is 10.0 Å². The summed E-state index contributed by atoms with van der Waals surface area (Å²) in [6, 6.07) is 9.18. The summed E-state index contributed by atoms with van der Waals surface area (Å²) in [6.07, 6.45) is 1.49. The first-order valence-corrected chi connectivity index (χ1v) is 9.11. The fourth-order valence-corrected chi connectivity index (χ4v) is 4.46. The van der Waals surface area contributed by atoms with Crippen LogP contribution in [0, 0.1) is 0 Å². The molecule has 0 saturated carbocycles. The van der Waals surface area contributed by atoms with Crippen LogP contribution in [0.1, 0.15) is 0 Å². The topological polar surface area (TPSA) is 55.8 Å². The van der Waals surface area contributed by atoms with Crippen LogP contribution in [0.2, 0.25) is 10.0 Å². The minimum atomic E-state index is -3.94. The van der Waals surface area contributed by atoms with Crippen LogP contribution in [0.5, 0.6) is 11.5 Å². The molecule has 1 heterocycles. The molecule has 2 aromatic rings. The molecule has 0 aliphatic carbocycles. The normalized spacial score (nSPS) is 12.9. The average Bonchev–Trinajstić information content (AvgIpc) is 3.02. The second-order valence-corrected chi connectivity index (χ2v) is 7.61. The third-order valence-corrected chi connectivity index (χ3v) is 5.91. The molecule has 1 aliphatic rings. The predicted octanol–water partition coefficient (Wildman–Crippen LogP) is 4.10. The Bertz CT molecular complexity index is 899. The highest BCUT2D eigenvalue weighted by atomic mass is 35.5. The van der Waals surface area contributed by atoms with E-state index in [0.29, 0.717) is 17.2 Å². The van der Waals surface area contributed by atoms with Gasteiger partial charge in [-0.3, -0.25) is 4.31 Å². The zero-order valence-corrected chi connectivity index (χ0v) is 14.7. The Hall–Kier alpha value is -1.89. The van der Waals surface area contributed by atoms with Crippen molar-refractivity contribution in [1.29, 1.82) is 0 Å². The van der Waals surface area contributed by atoms with Gasteiger partial charge in [0.15, 0.2) is 11.5 Å². The van der Waals surface area contributed by atoms with E-state index in [0.717, 1.165) is 0 Å². The fraction of sp³-hybridized carbons (Fsp3) is 0.125. The summed E-state index contributed by atoms with van der Waals surface area (Å²) in [4.78, 5) is -0.0730. The summed E-state index contributed by atoms with van der Waals surface area (Å²) in [5, 5.41) is 0.372. The standard InChI is InChI=1S/C16H13Cl2NO4S/c1-2-7-19(12-4-6-14-15(9-12)23-10-22-14)24(20,21)16-8-11(17)3-5-13(16)18/h2-6,8-9H,1,7,10H2. The lowest BCUT2D eigenvalue weighted by atomic mass is 10.3. The third-order valence-electron chi connectivity index (χ3n) is 3.40. The number of halogens is 2. The first kappa shape index (κ1) is 17.0. The van der Waals surface area contributed by atoms with Gasteiger partial charge in [-0.15, -0.1) is 6.58 Å². The molecule has 3 rings (SSSR count). The first-order chi connectivity index (χ1) is 11.4. The van der Waals surface area contributed by atoms with E-state index in [9.17, 15) is 8.42 Å². The molecule has 0 bridgehead atoms. The lowest BCUT2D eigenvalue weighted by Gasteiger charge is -2.24. The van der Waals surface area contributed by atoms with Crippen LogP contribution in [0.3, 0.4) is 0 Å². The number of rotatable bonds is 5. The molecule has 0 unspecified atom stereocenters. The number of nitrogens with zero attached hydrogens (tertiary/aromatic N) is 1. The second kappa shape index (κ2) is 6.55. The molecule has 24 heavy (non-hydrogen) atoms. The van der Waals surface area contributed by atoms with Crippen molar-refractivity contribution in [3.8, 4) is 11.5 Å². The molecule has 0 spiro atoms. The molecule has 0 atom stereocenters. The number of anilines is 1. The molecule has 126 valence electrons. The molecule has 0 saturated heterocycles. The van der Waals surface area contributed by atoms with Crippen molar-refractivity contribution >= 4 is 38.9 Å². The number of hydrogen-bond acceptors (Lipinski definition) is 4. The summed E-state index contributed by atoms with van der Waals surface area (Å²) in [5.41, 5.74) is 0.412. The fourth-order valence-electron chi connectivity index (χ4n) is 2.29. The van der Waals surface area contributed by atoms with Gasteiger partial charge in [-0.1, -0.05) is 29.3 Å². The maximum Gasteiger partial charge on any atom is 0.266 e. The van der Waals surface area contributed by atoms with Gasteiger partial charge in [-0.2, -0.15) is 0 Å². The molecular formula is C16H13Cl2NO4S. The maximum atomic E-state index is 13.1. The summed E-state index contributed by atoms with van der Waals surface area (Å²) in [7, 11) is -3.94. The maximum absolute atomic E-state index is 13.1. The number of hydrogen-bond donors (Lipinski definition) is 0. The molecule has 5 nitrogen and oxygen atoms in total. The number of fused-ring (bicyclic) bond motifs is 1. The van der Waals surface area contributed by atoms with Crippen LogP contribution in [0.15, 0.2) is 53.9 Å². The van der Waals surface area contributed by atoms with Gasteiger partial charge in [-0.25, -0.2) is 8.42 Å². The quantitative estimate of drug-likeness (QED) is 0.726. The van der Waals surface area contributed by atoms with E-state index in [-0.39, 0.29) is 28.3 Å². The molecular weight excluding hydrogens is 373 g/mol. The Labute approximate surface area is 150 Å². The molecule has 0 N–H and O–H groups in total. The van der Waals surface area contributed by atoms with E-state index < -0.39 is 10.0 Å². The summed E-state index contributed by atoms with van der Waals surface area (Å²) in [6.45, 7) is 3.79. The van der Waals surface area contributed by atoms with Gasteiger partial charge >= 0.3 is 0 Å². The Morgan fingerprint density at radius 2 is 1.88 bits per heavy atom. The minimum absolute atomic E-state index is 0.0603. The monoisotopic (exact) mass is 385 g/mol. The number of benzene rings is 2. The Morgan fingerprint density at radius 3 is 2.62 bits per heavy atom. The average molecular weight is 386 g/mol. The number of sulfonamides is 1. The molecule has 0 fully saturated rings. The zero-order valence-electron chi connectivity index (χ0n) is 12.4. The minimum Gasteiger partial charge on any atom is -0.454 e. The Morgan fingerprint density at radius 1 is 1.12 bits per heavy atom. The molecule has 2 aromatic carbocycles. The molecule has 0 aromatic heterocycles. The van der Waals surface area contributed by atoms with Crippen molar-refractivity contribution in [1.82, 2.24) is 0 Å². The molecule has 1 aliphatic heterocycles. The van der Waals surface area contributed by atoms with Crippen LogP contribution in [0.25, 0.3) is 0 Å².